The molecular weight excluding hydrogens is 336 g/mol. The topological polar surface area (TPSA) is 49.4 Å². The van der Waals surface area contributed by atoms with E-state index in [4.69, 9.17) is 11.6 Å². The third-order valence-electron chi connectivity index (χ3n) is 5.46. The number of rotatable bonds is 6. The minimum Gasteiger partial charge on any atom is -0.353 e. The van der Waals surface area contributed by atoms with E-state index in [1.807, 2.05) is 12.1 Å². The number of nitrogens with zero attached hydrogens (tertiary/aromatic N) is 1. The van der Waals surface area contributed by atoms with Gasteiger partial charge in [0, 0.05) is 35.5 Å². The first kappa shape index (κ1) is 18.4. The fourth-order valence-corrected chi connectivity index (χ4v) is 4.02. The first-order chi connectivity index (χ1) is 12.1. The summed E-state index contributed by atoms with van der Waals surface area (Å²) in [6.45, 7) is 2.57. The number of Topliss-reactive ketones (excluding diaryl/α,β-unsaturated/α-hetero) is 1. The SMILES string of the molecule is O=C(CCN1CCC(C(=O)c2ccc(Cl)cc2)CC1)NC1CCCC1. The van der Waals surface area contributed by atoms with Crippen molar-refractivity contribution in [3.63, 3.8) is 0 Å². The standard InChI is InChI=1S/C20H27ClN2O2/c21-17-7-5-15(6-8-17)20(25)16-9-12-23(13-10-16)14-11-19(24)22-18-3-1-2-4-18/h5-8,16,18H,1-4,9-14H2,(H,22,24). The van der Waals surface area contributed by atoms with Crippen LogP contribution in [0.3, 0.4) is 0 Å². The summed E-state index contributed by atoms with van der Waals surface area (Å²) in [7, 11) is 0. The van der Waals surface area contributed by atoms with Gasteiger partial charge in [-0.1, -0.05) is 24.4 Å². The van der Waals surface area contributed by atoms with Gasteiger partial charge in [-0.15, -0.1) is 0 Å². The summed E-state index contributed by atoms with van der Waals surface area (Å²) in [5, 5.41) is 3.80. The van der Waals surface area contributed by atoms with Crippen molar-refractivity contribution < 1.29 is 9.59 Å². The van der Waals surface area contributed by atoms with E-state index in [9.17, 15) is 9.59 Å². The molecule has 2 aliphatic rings. The molecule has 1 aliphatic carbocycles. The van der Waals surface area contributed by atoms with Gasteiger partial charge in [0.05, 0.1) is 0 Å². The highest BCUT2D eigenvalue weighted by atomic mass is 35.5. The minimum atomic E-state index is 0.0877. The lowest BCUT2D eigenvalue weighted by Gasteiger charge is -2.31. The van der Waals surface area contributed by atoms with Crippen molar-refractivity contribution in [1.29, 1.82) is 0 Å². The maximum Gasteiger partial charge on any atom is 0.221 e. The normalized spacial score (nSPS) is 19.9. The molecule has 0 aromatic heterocycles. The summed E-state index contributed by atoms with van der Waals surface area (Å²) in [5.74, 6) is 0.478. The van der Waals surface area contributed by atoms with Gasteiger partial charge in [0.15, 0.2) is 5.78 Å². The highest BCUT2D eigenvalue weighted by Gasteiger charge is 2.26. The molecule has 1 N–H and O–H groups in total. The molecule has 1 saturated carbocycles. The molecule has 1 amide bonds. The molecule has 1 aliphatic heterocycles. The van der Waals surface area contributed by atoms with Crippen LogP contribution >= 0.6 is 11.6 Å². The fourth-order valence-electron chi connectivity index (χ4n) is 3.90. The zero-order valence-corrected chi connectivity index (χ0v) is 15.4. The molecule has 4 nitrogen and oxygen atoms in total. The summed E-state index contributed by atoms with van der Waals surface area (Å²) >= 11 is 5.88. The maximum absolute atomic E-state index is 12.6. The molecule has 1 aromatic carbocycles. The number of nitrogens with one attached hydrogen (secondary N) is 1. The molecule has 25 heavy (non-hydrogen) atoms. The largest absolute Gasteiger partial charge is 0.353 e. The number of halogens is 1. The van der Waals surface area contributed by atoms with Crippen molar-refractivity contribution in [1.82, 2.24) is 10.2 Å². The molecule has 136 valence electrons. The molecule has 1 aromatic rings. The highest BCUT2D eigenvalue weighted by molar-refractivity contribution is 6.30. The van der Waals surface area contributed by atoms with Crippen LogP contribution in [0.4, 0.5) is 0 Å². The zero-order valence-electron chi connectivity index (χ0n) is 14.7. The van der Waals surface area contributed by atoms with Crippen LogP contribution in [0.2, 0.25) is 5.02 Å². The fraction of sp³-hybridized carbons (Fsp3) is 0.600. The van der Waals surface area contributed by atoms with E-state index >= 15 is 0 Å². The summed E-state index contributed by atoms with van der Waals surface area (Å²) < 4.78 is 0. The molecule has 1 saturated heterocycles. The third-order valence-corrected chi connectivity index (χ3v) is 5.71. The summed E-state index contributed by atoms with van der Waals surface area (Å²) in [4.78, 5) is 26.9. The number of benzene rings is 1. The number of carbonyl (C=O) groups is 2. The summed E-state index contributed by atoms with van der Waals surface area (Å²) in [5.41, 5.74) is 0.749. The Morgan fingerprint density at radius 1 is 1.04 bits per heavy atom. The average Bonchev–Trinajstić information content (AvgIpc) is 3.13. The zero-order chi connectivity index (χ0) is 17.6. The minimum absolute atomic E-state index is 0.0877. The Labute approximate surface area is 154 Å². The lowest BCUT2D eigenvalue weighted by Crippen LogP contribution is -2.40. The van der Waals surface area contributed by atoms with Gasteiger partial charge in [0.1, 0.15) is 0 Å². The number of hydrogen-bond donors (Lipinski definition) is 1. The van der Waals surface area contributed by atoms with Gasteiger partial charge in [0.25, 0.3) is 0 Å². The second kappa shape index (κ2) is 8.81. The van der Waals surface area contributed by atoms with Crippen LogP contribution in [0.1, 0.15) is 55.3 Å². The molecule has 0 radical (unpaired) electrons. The molecule has 5 heteroatoms. The Bertz CT molecular complexity index is 588. The molecule has 0 atom stereocenters. The summed E-state index contributed by atoms with van der Waals surface area (Å²) in [6.07, 6.45) is 7.03. The van der Waals surface area contributed by atoms with Gasteiger partial charge >= 0.3 is 0 Å². The van der Waals surface area contributed by atoms with Gasteiger partial charge in [-0.2, -0.15) is 0 Å². The van der Waals surface area contributed by atoms with Crippen molar-refractivity contribution in [2.24, 2.45) is 5.92 Å². The quantitative estimate of drug-likeness (QED) is 0.785. The first-order valence-electron chi connectivity index (χ1n) is 9.43. The van der Waals surface area contributed by atoms with Gasteiger partial charge in [-0.25, -0.2) is 0 Å². The van der Waals surface area contributed by atoms with Crippen LogP contribution in [0.15, 0.2) is 24.3 Å². The number of piperidine rings is 1. The van der Waals surface area contributed by atoms with Crippen LogP contribution in [-0.2, 0) is 4.79 Å². The number of amides is 1. The first-order valence-corrected chi connectivity index (χ1v) is 9.81. The number of hydrogen-bond acceptors (Lipinski definition) is 3. The van der Waals surface area contributed by atoms with Gasteiger partial charge < -0.3 is 10.2 Å². The number of ketones is 1. The van der Waals surface area contributed by atoms with E-state index in [1.54, 1.807) is 12.1 Å². The van der Waals surface area contributed by atoms with Crippen molar-refractivity contribution >= 4 is 23.3 Å². The van der Waals surface area contributed by atoms with E-state index in [2.05, 4.69) is 10.2 Å². The van der Waals surface area contributed by atoms with Crippen molar-refractivity contribution in [3.8, 4) is 0 Å². The van der Waals surface area contributed by atoms with Gasteiger partial charge in [-0.05, 0) is 63.0 Å². The van der Waals surface area contributed by atoms with E-state index in [0.717, 1.165) is 50.9 Å². The second-order valence-electron chi connectivity index (χ2n) is 7.29. The third kappa shape index (κ3) is 5.29. The van der Waals surface area contributed by atoms with Crippen LogP contribution in [0.25, 0.3) is 0 Å². The lowest BCUT2D eigenvalue weighted by molar-refractivity contribution is -0.122. The Kier molecular flexibility index (Phi) is 6.49. The molecule has 0 unspecified atom stereocenters. The van der Waals surface area contributed by atoms with Crippen molar-refractivity contribution in [2.45, 2.75) is 51.0 Å². The van der Waals surface area contributed by atoms with Crippen LogP contribution in [0.5, 0.6) is 0 Å². The Morgan fingerprint density at radius 2 is 1.68 bits per heavy atom. The van der Waals surface area contributed by atoms with Crippen molar-refractivity contribution in [2.75, 3.05) is 19.6 Å². The molecule has 2 fully saturated rings. The molecule has 1 heterocycles. The Balaban J connectivity index is 1.38. The average molecular weight is 363 g/mol. The predicted octanol–water partition coefficient (Wildman–Crippen LogP) is 3.68. The second-order valence-corrected chi connectivity index (χ2v) is 7.72. The van der Waals surface area contributed by atoms with E-state index < -0.39 is 0 Å². The molecule has 0 bridgehead atoms. The monoisotopic (exact) mass is 362 g/mol. The smallest absolute Gasteiger partial charge is 0.221 e. The molecule has 0 spiro atoms. The van der Waals surface area contributed by atoms with Crippen LogP contribution < -0.4 is 5.32 Å². The Hall–Kier alpha value is -1.39. The summed E-state index contributed by atoms with van der Waals surface area (Å²) in [6, 6.07) is 7.56. The van der Waals surface area contributed by atoms with Gasteiger partial charge in [-0.3, -0.25) is 9.59 Å². The number of carbonyl (C=O) groups excluding carboxylic acids is 2. The Morgan fingerprint density at radius 3 is 2.32 bits per heavy atom. The molecular formula is C20H27ClN2O2. The maximum atomic E-state index is 12.6. The number of likely N-dealkylation sites (tertiary alicyclic amines) is 1. The van der Waals surface area contributed by atoms with Gasteiger partial charge in [0.2, 0.25) is 5.91 Å². The molecule has 3 rings (SSSR count). The van der Waals surface area contributed by atoms with Crippen molar-refractivity contribution in [3.05, 3.63) is 34.9 Å². The van der Waals surface area contributed by atoms with Crippen LogP contribution in [-0.4, -0.2) is 42.3 Å². The van der Waals surface area contributed by atoms with E-state index in [1.165, 1.54) is 12.8 Å². The predicted molar refractivity (Wildman–Crippen MR) is 100.0 cm³/mol. The van der Waals surface area contributed by atoms with E-state index in [-0.39, 0.29) is 17.6 Å². The highest BCUT2D eigenvalue weighted by Crippen LogP contribution is 2.23. The lowest BCUT2D eigenvalue weighted by atomic mass is 9.89. The van der Waals surface area contributed by atoms with Crippen LogP contribution in [0, 0.1) is 5.92 Å². The van der Waals surface area contributed by atoms with E-state index in [0.29, 0.717) is 17.5 Å².